The number of nitrogens with one attached hydrogen (secondary N) is 2. The highest BCUT2D eigenvalue weighted by Gasteiger charge is 2.39. The second-order valence-electron chi connectivity index (χ2n) is 7.14. The number of carboxylic acid groups (broad SMARTS) is 1. The van der Waals surface area contributed by atoms with Gasteiger partial charge in [0.15, 0.2) is 0 Å². The molecule has 2 amide bonds. The summed E-state index contributed by atoms with van der Waals surface area (Å²) in [5, 5.41) is 14.5. The van der Waals surface area contributed by atoms with Gasteiger partial charge in [0.1, 0.15) is 6.04 Å². The molecule has 1 saturated heterocycles. The van der Waals surface area contributed by atoms with Gasteiger partial charge in [-0.15, -0.1) is 0 Å². The van der Waals surface area contributed by atoms with Crippen LogP contribution in [0, 0.1) is 5.92 Å². The van der Waals surface area contributed by atoms with Gasteiger partial charge >= 0.3 is 5.97 Å². The first-order chi connectivity index (χ1) is 11.4. The summed E-state index contributed by atoms with van der Waals surface area (Å²) < 4.78 is 5.26. The molecule has 2 atom stereocenters. The molecule has 1 saturated carbocycles. The Balaban J connectivity index is 1.82. The zero-order valence-electron chi connectivity index (χ0n) is 14.3. The molecule has 0 bridgehead atoms. The van der Waals surface area contributed by atoms with Gasteiger partial charge in [0.2, 0.25) is 11.8 Å². The zero-order chi connectivity index (χ0) is 17.6. The SMILES string of the molecule is CC(NC(=O)CC1CCCCC1)C(=O)NC1(CC(=O)O)CCOC1. The first-order valence-electron chi connectivity index (χ1n) is 8.81. The first kappa shape index (κ1) is 18.7. The number of ether oxygens (including phenoxy) is 1. The molecule has 0 radical (unpaired) electrons. The van der Waals surface area contributed by atoms with Crippen molar-refractivity contribution in [2.75, 3.05) is 13.2 Å². The summed E-state index contributed by atoms with van der Waals surface area (Å²) in [5.41, 5.74) is -0.870. The van der Waals surface area contributed by atoms with Gasteiger partial charge in [-0.3, -0.25) is 14.4 Å². The second-order valence-corrected chi connectivity index (χ2v) is 7.14. The molecule has 0 aromatic rings. The number of carbonyl (C=O) groups excluding carboxylic acids is 2. The van der Waals surface area contributed by atoms with Gasteiger partial charge in [0, 0.05) is 13.0 Å². The lowest BCUT2D eigenvalue weighted by Crippen LogP contribution is -2.56. The average Bonchev–Trinajstić information content (AvgIpc) is 2.95. The number of rotatable bonds is 7. The number of amides is 2. The lowest BCUT2D eigenvalue weighted by Gasteiger charge is -2.29. The molecule has 24 heavy (non-hydrogen) atoms. The number of hydrogen-bond acceptors (Lipinski definition) is 4. The normalized spacial score (nSPS) is 25.9. The first-order valence-corrected chi connectivity index (χ1v) is 8.81. The second kappa shape index (κ2) is 8.46. The lowest BCUT2D eigenvalue weighted by atomic mass is 9.87. The fourth-order valence-corrected chi connectivity index (χ4v) is 3.57. The van der Waals surface area contributed by atoms with E-state index in [1.807, 2.05) is 0 Å². The Kier molecular flexibility index (Phi) is 6.60. The maximum Gasteiger partial charge on any atom is 0.305 e. The molecule has 2 fully saturated rings. The Morgan fingerprint density at radius 1 is 1.25 bits per heavy atom. The monoisotopic (exact) mass is 340 g/mol. The minimum atomic E-state index is -0.977. The Bertz CT molecular complexity index is 468. The molecule has 2 unspecified atom stereocenters. The van der Waals surface area contributed by atoms with Crippen LogP contribution >= 0.6 is 0 Å². The molecular formula is C17H28N2O5. The van der Waals surface area contributed by atoms with E-state index in [9.17, 15) is 14.4 Å². The van der Waals surface area contributed by atoms with Gasteiger partial charge in [-0.1, -0.05) is 19.3 Å². The highest BCUT2D eigenvalue weighted by atomic mass is 16.5. The summed E-state index contributed by atoms with van der Waals surface area (Å²) >= 11 is 0. The van der Waals surface area contributed by atoms with Crippen molar-refractivity contribution >= 4 is 17.8 Å². The van der Waals surface area contributed by atoms with Crippen molar-refractivity contribution in [2.45, 2.75) is 69.9 Å². The summed E-state index contributed by atoms with van der Waals surface area (Å²) in [4.78, 5) is 35.5. The van der Waals surface area contributed by atoms with Gasteiger partial charge in [-0.2, -0.15) is 0 Å². The van der Waals surface area contributed by atoms with Crippen molar-refractivity contribution in [3.05, 3.63) is 0 Å². The largest absolute Gasteiger partial charge is 0.481 e. The molecule has 2 rings (SSSR count). The molecule has 7 nitrogen and oxygen atoms in total. The molecule has 1 aliphatic heterocycles. The van der Waals surface area contributed by atoms with Gasteiger partial charge in [0.25, 0.3) is 0 Å². The third-order valence-electron chi connectivity index (χ3n) is 4.95. The van der Waals surface area contributed by atoms with Crippen LogP contribution in [0.2, 0.25) is 0 Å². The minimum Gasteiger partial charge on any atom is -0.481 e. The third kappa shape index (κ3) is 5.47. The summed E-state index contributed by atoms with van der Waals surface area (Å²) in [5.74, 6) is -1.04. The van der Waals surface area contributed by atoms with E-state index >= 15 is 0 Å². The highest BCUT2D eigenvalue weighted by Crippen LogP contribution is 2.26. The Labute approximate surface area is 142 Å². The predicted molar refractivity (Wildman–Crippen MR) is 87.4 cm³/mol. The Morgan fingerprint density at radius 2 is 1.96 bits per heavy atom. The smallest absolute Gasteiger partial charge is 0.305 e. The van der Waals surface area contributed by atoms with Crippen LogP contribution in [0.4, 0.5) is 0 Å². The summed E-state index contributed by atoms with van der Waals surface area (Å²) in [6.45, 7) is 2.24. The Morgan fingerprint density at radius 3 is 2.54 bits per heavy atom. The van der Waals surface area contributed by atoms with Crippen molar-refractivity contribution in [1.82, 2.24) is 10.6 Å². The molecule has 1 heterocycles. The average molecular weight is 340 g/mol. The molecule has 1 aliphatic carbocycles. The zero-order valence-corrected chi connectivity index (χ0v) is 14.3. The van der Waals surface area contributed by atoms with Crippen molar-refractivity contribution in [3.8, 4) is 0 Å². The number of hydrogen-bond donors (Lipinski definition) is 3. The molecule has 0 aromatic carbocycles. The molecule has 0 spiro atoms. The van der Waals surface area contributed by atoms with E-state index in [2.05, 4.69) is 10.6 Å². The maximum atomic E-state index is 12.3. The van der Waals surface area contributed by atoms with Gasteiger partial charge in [-0.05, 0) is 32.1 Å². The summed E-state index contributed by atoms with van der Waals surface area (Å²) in [7, 11) is 0. The fourth-order valence-electron chi connectivity index (χ4n) is 3.57. The van der Waals surface area contributed by atoms with Crippen LogP contribution in [0.25, 0.3) is 0 Å². The molecule has 136 valence electrons. The molecule has 0 aromatic heterocycles. The van der Waals surface area contributed by atoms with Crippen LogP contribution in [0.1, 0.15) is 58.3 Å². The van der Waals surface area contributed by atoms with Crippen LogP contribution in [0.5, 0.6) is 0 Å². The quantitative estimate of drug-likeness (QED) is 0.646. The van der Waals surface area contributed by atoms with Crippen LogP contribution in [-0.4, -0.2) is 47.7 Å². The van der Waals surface area contributed by atoms with Crippen molar-refractivity contribution in [3.63, 3.8) is 0 Å². The van der Waals surface area contributed by atoms with E-state index in [1.54, 1.807) is 6.92 Å². The van der Waals surface area contributed by atoms with Crippen LogP contribution in [0.15, 0.2) is 0 Å². The predicted octanol–water partition coefficient (Wildman–Crippen LogP) is 1.21. The molecule has 7 heteroatoms. The van der Waals surface area contributed by atoms with Gasteiger partial charge in [0.05, 0.1) is 18.6 Å². The number of carbonyl (C=O) groups is 3. The van der Waals surface area contributed by atoms with Crippen molar-refractivity contribution in [2.24, 2.45) is 5.92 Å². The van der Waals surface area contributed by atoms with Crippen LogP contribution < -0.4 is 10.6 Å². The minimum absolute atomic E-state index is 0.112. The summed E-state index contributed by atoms with van der Waals surface area (Å²) in [6, 6.07) is -0.688. The van der Waals surface area contributed by atoms with E-state index in [4.69, 9.17) is 9.84 Å². The maximum absolute atomic E-state index is 12.3. The van der Waals surface area contributed by atoms with Crippen LogP contribution in [-0.2, 0) is 19.1 Å². The van der Waals surface area contributed by atoms with E-state index < -0.39 is 17.6 Å². The van der Waals surface area contributed by atoms with Crippen LogP contribution in [0.3, 0.4) is 0 Å². The summed E-state index contributed by atoms with van der Waals surface area (Å²) in [6.07, 6.45) is 6.48. The fraction of sp³-hybridized carbons (Fsp3) is 0.824. The number of aliphatic carboxylic acids is 1. The standard InChI is InChI=1S/C17H28N2O5/c1-12(18-14(20)9-13-5-3-2-4-6-13)16(23)19-17(10-15(21)22)7-8-24-11-17/h12-13H,2-11H2,1H3,(H,18,20)(H,19,23)(H,21,22). The van der Waals surface area contributed by atoms with Gasteiger partial charge in [-0.25, -0.2) is 0 Å². The topological polar surface area (TPSA) is 105 Å². The van der Waals surface area contributed by atoms with Gasteiger partial charge < -0.3 is 20.5 Å². The van der Waals surface area contributed by atoms with E-state index in [1.165, 1.54) is 19.3 Å². The highest BCUT2D eigenvalue weighted by molar-refractivity contribution is 5.88. The lowest BCUT2D eigenvalue weighted by molar-refractivity contribution is -0.139. The third-order valence-corrected chi connectivity index (χ3v) is 4.95. The molecule has 3 N–H and O–H groups in total. The van der Waals surface area contributed by atoms with E-state index in [-0.39, 0.29) is 24.8 Å². The van der Waals surface area contributed by atoms with Crippen molar-refractivity contribution < 1.29 is 24.2 Å². The molecule has 2 aliphatic rings. The van der Waals surface area contributed by atoms with E-state index in [0.29, 0.717) is 25.4 Å². The van der Waals surface area contributed by atoms with E-state index in [0.717, 1.165) is 12.8 Å². The number of carboxylic acids is 1. The molecular weight excluding hydrogens is 312 g/mol. The Hall–Kier alpha value is -1.63. The van der Waals surface area contributed by atoms with Crippen molar-refractivity contribution in [1.29, 1.82) is 0 Å².